The van der Waals surface area contributed by atoms with Crippen LogP contribution in [0.4, 0.5) is 13.2 Å². The Morgan fingerprint density at radius 3 is 2.02 bits per heavy atom. The number of likely N-dealkylation sites (tertiary alicyclic amines) is 1. The first kappa shape index (κ1) is 31.5. The molecule has 2 saturated heterocycles. The molecule has 2 spiro atoms. The predicted molar refractivity (Wildman–Crippen MR) is 152 cm³/mol. The summed E-state index contributed by atoms with van der Waals surface area (Å²) in [5.74, 6) is 1.77. The van der Waals surface area contributed by atoms with Crippen LogP contribution in [0.5, 0.6) is 5.75 Å². The Balaban J connectivity index is 0.000000611. The highest BCUT2D eigenvalue weighted by Gasteiger charge is 2.66. The van der Waals surface area contributed by atoms with Crippen LogP contribution < -0.4 is 4.74 Å². The average Bonchev–Trinajstić information content (AvgIpc) is 3.31. The molecule has 0 atom stereocenters. The molecule has 7 fully saturated rings. The Kier molecular flexibility index (Phi) is 8.84. The molecule has 0 aromatic heterocycles. The number of hydrogen-bond acceptors (Lipinski definition) is 7. The highest BCUT2D eigenvalue weighted by molar-refractivity contribution is 7.85. The van der Waals surface area contributed by atoms with Crippen molar-refractivity contribution in [1.82, 2.24) is 4.90 Å². The molecule has 2 aliphatic heterocycles. The van der Waals surface area contributed by atoms with Crippen molar-refractivity contribution in [3.8, 4) is 5.75 Å². The van der Waals surface area contributed by atoms with Gasteiger partial charge in [-0.05, 0) is 106 Å². The van der Waals surface area contributed by atoms with Gasteiger partial charge in [0.15, 0.2) is 0 Å². The number of piperidine rings is 1. The van der Waals surface area contributed by atoms with E-state index in [1.54, 1.807) is 0 Å². The molecule has 7 aliphatic rings. The zero-order valence-electron chi connectivity index (χ0n) is 24.8. The lowest BCUT2D eigenvalue weighted by Gasteiger charge is -2.57. The Hall–Kier alpha value is -1.44. The first-order valence-electron chi connectivity index (χ1n) is 15.8. The maximum absolute atomic E-state index is 12.9. The molecule has 5 saturated carbocycles. The van der Waals surface area contributed by atoms with Crippen molar-refractivity contribution in [1.29, 1.82) is 0 Å². The molecule has 8 rings (SSSR count). The summed E-state index contributed by atoms with van der Waals surface area (Å²) in [6.07, 6.45) is 7.10. The van der Waals surface area contributed by atoms with Crippen LogP contribution in [0.15, 0.2) is 24.3 Å². The molecular weight excluding hydrogens is 587 g/mol. The van der Waals surface area contributed by atoms with Crippen molar-refractivity contribution in [3.05, 3.63) is 29.8 Å². The molecule has 12 heteroatoms. The van der Waals surface area contributed by atoms with Crippen LogP contribution in [0.2, 0.25) is 0 Å². The van der Waals surface area contributed by atoms with Gasteiger partial charge in [-0.15, -0.1) is 0 Å². The van der Waals surface area contributed by atoms with Gasteiger partial charge >= 0.3 is 6.18 Å². The van der Waals surface area contributed by atoms with E-state index in [1.807, 2.05) is 12.1 Å². The van der Waals surface area contributed by atoms with Crippen molar-refractivity contribution in [2.45, 2.75) is 94.3 Å². The Labute approximate surface area is 252 Å². The van der Waals surface area contributed by atoms with E-state index >= 15 is 0 Å². The van der Waals surface area contributed by atoms with Crippen LogP contribution in [0.1, 0.15) is 82.1 Å². The van der Waals surface area contributed by atoms with Gasteiger partial charge in [-0.1, -0.05) is 12.1 Å². The maximum Gasteiger partial charge on any atom is 0.391 e. The predicted octanol–water partition coefficient (Wildman–Crippen LogP) is 6.33. The van der Waals surface area contributed by atoms with E-state index in [0.29, 0.717) is 50.3 Å². The molecule has 1 N–H and O–H groups in total. The Bertz CT molecular complexity index is 1170. The van der Waals surface area contributed by atoms with Gasteiger partial charge in [-0.25, -0.2) is 0 Å². The molecule has 5 aliphatic carbocycles. The summed E-state index contributed by atoms with van der Waals surface area (Å²) in [5, 5.41) is 0. The van der Waals surface area contributed by atoms with Crippen LogP contribution in [-0.2, 0) is 24.6 Å². The monoisotopic (exact) mass is 631 g/mol. The third-order valence-electron chi connectivity index (χ3n) is 10.8. The lowest BCUT2D eigenvalue weighted by molar-refractivity contribution is -0.390. The first-order chi connectivity index (χ1) is 20.3. The third kappa shape index (κ3) is 7.19. The van der Waals surface area contributed by atoms with Gasteiger partial charge in [0.05, 0.1) is 12.2 Å². The first-order valence-corrected chi connectivity index (χ1v) is 17.7. The summed E-state index contributed by atoms with van der Waals surface area (Å²) in [6.45, 7) is 2.11. The van der Waals surface area contributed by atoms with Gasteiger partial charge in [0, 0.05) is 31.2 Å². The highest BCUT2D eigenvalue weighted by Crippen LogP contribution is 2.64. The van der Waals surface area contributed by atoms with Crippen LogP contribution in [0.25, 0.3) is 0 Å². The molecule has 0 amide bonds. The maximum atomic E-state index is 12.9. The standard InChI is InChI=1S/C30H40F3NO4.CH4O3S/c31-30(32,33)24-7-11-34(12-8-24)13-14-35-27-3-1-22(2-4-27)23-5-9-28(10-6-23)36-29(38-37-28)25-16-20-15-21(18-25)19-26(29)17-20;1-5(2,3)4/h1-4,20-21,23-26H,5-19H2;1H3,(H,2,3,4). The summed E-state index contributed by atoms with van der Waals surface area (Å²) in [7, 11) is -3.67. The number of halogens is 3. The zero-order chi connectivity index (χ0) is 30.5. The molecule has 0 radical (unpaired) electrons. The van der Waals surface area contributed by atoms with Gasteiger partial charge in [0.1, 0.15) is 12.4 Å². The molecule has 0 unspecified atom stereocenters. The summed E-state index contributed by atoms with van der Waals surface area (Å²) < 4.78 is 77.2. The summed E-state index contributed by atoms with van der Waals surface area (Å²) in [5.41, 5.74) is 1.31. The third-order valence-corrected chi connectivity index (χ3v) is 10.8. The van der Waals surface area contributed by atoms with Gasteiger partial charge in [0.2, 0.25) is 11.6 Å². The summed E-state index contributed by atoms with van der Waals surface area (Å²) in [6, 6.07) is 8.34. The van der Waals surface area contributed by atoms with E-state index in [4.69, 9.17) is 23.8 Å². The van der Waals surface area contributed by atoms with E-state index in [-0.39, 0.29) is 12.8 Å². The number of hydrogen-bond donors (Lipinski definition) is 1. The van der Waals surface area contributed by atoms with Gasteiger partial charge < -0.3 is 9.47 Å². The molecular formula is C31H44F3NO7S. The van der Waals surface area contributed by atoms with Crippen LogP contribution in [-0.4, -0.2) is 68.1 Å². The number of alkyl halides is 3. The largest absolute Gasteiger partial charge is 0.492 e. The topological polar surface area (TPSA) is 94.5 Å². The lowest BCUT2D eigenvalue weighted by Crippen LogP contribution is -2.59. The SMILES string of the molecule is CS(=O)(=O)O.FC(F)(F)C1CCN(CCOc2ccc(C3CCC4(CC3)OOC3(O4)C4CC5CC(C4)CC3C5)cc2)CC1. The molecule has 1 aromatic carbocycles. The van der Waals surface area contributed by atoms with Crippen LogP contribution in [0.3, 0.4) is 0 Å². The quantitative estimate of drug-likeness (QED) is 0.298. The minimum absolute atomic E-state index is 0.187. The van der Waals surface area contributed by atoms with Gasteiger partial charge in [-0.2, -0.15) is 31.4 Å². The number of rotatable bonds is 5. The second kappa shape index (κ2) is 12.1. The molecule has 1 aromatic rings. The van der Waals surface area contributed by atoms with Gasteiger partial charge in [-0.3, -0.25) is 9.45 Å². The molecule has 8 nitrogen and oxygen atoms in total. The zero-order valence-corrected chi connectivity index (χ0v) is 25.6. The minimum atomic E-state index is -4.06. The van der Waals surface area contributed by atoms with Crippen LogP contribution >= 0.6 is 0 Å². The van der Waals surface area contributed by atoms with E-state index in [9.17, 15) is 21.6 Å². The smallest absolute Gasteiger partial charge is 0.391 e. The van der Waals surface area contributed by atoms with E-state index in [0.717, 1.165) is 43.3 Å². The van der Waals surface area contributed by atoms with Crippen molar-refractivity contribution in [2.24, 2.45) is 29.6 Å². The van der Waals surface area contributed by atoms with Crippen LogP contribution in [0, 0.1) is 29.6 Å². The van der Waals surface area contributed by atoms with E-state index in [2.05, 4.69) is 17.0 Å². The Morgan fingerprint density at radius 2 is 1.49 bits per heavy atom. The van der Waals surface area contributed by atoms with E-state index < -0.39 is 33.8 Å². The van der Waals surface area contributed by atoms with Crippen molar-refractivity contribution >= 4 is 10.1 Å². The normalized spacial score (nSPS) is 37.9. The Morgan fingerprint density at radius 1 is 0.930 bits per heavy atom. The number of ether oxygens (including phenoxy) is 2. The molecule has 2 heterocycles. The molecule has 43 heavy (non-hydrogen) atoms. The molecule has 4 bridgehead atoms. The number of benzene rings is 1. The van der Waals surface area contributed by atoms with E-state index in [1.165, 1.54) is 37.7 Å². The second-order valence-electron chi connectivity index (χ2n) is 13.8. The summed E-state index contributed by atoms with van der Waals surface area (Å²) >= 11 is 0. The molecule has 242 valence electrons. The average molecular weight is 632 g/mol. The highest BCUT2D eigenvalue weighted by atomic mass is 32.2. The fraction of sp³-hybridized carbons (Fsp3) is 0.806. The fourth-order valence-electron chi connectivity index (χ4n) is 8.80. The van der Waals surface area contributed by atoms with Crippen molar-refractivity contribution < 1.29 is 45.4 Å². The minimum Gasteiger partial charge on any atom is -0.492 e. The van der Waals surface area contributed by atoms with Gasteiger partial charge in [0.25, 0.3) is 10.1 Å². The number of nitrogens with zero attached hydrogens (tertiary/aromatic N) is 1. The second-order valence-corrected chi connectivity index (χ2v) is 15.3. The summed E-state index contributed by atoms with van der Waals surface area (Å²) in [4.78, 5) is 14.3. The lowest BCUT2D eigenvalue weighted by atomic mass is 9.53. The van der Waals surface area contributed by atoms with Crippen molar-refractivity contribution in [2.75, 3.05) is 32.5 Å². The fourth-order valence-corrected chi connectivity index (χ4v) is 8.80. The van der Waals surface area contributed by atoms with Crippen molar-refractivity contribution in [3.63, 3.8) is 0 Å².